The molecule has 1 amide bonds. The largest absolute Gasteiger partial charge is 0.493 e. The molecule has 1 aliphatic rings. The summed E-state index contributed by atoms with van der Waals surface area (Å²) in [5, 5.41) is 0.629. The Morgan fingerprint density at radius 3 is 3.00 bits per heavy atom. The molecule has 3 aromatic rings. The quantitative estimate of drug-likeness (QED) is 0.650. The Balaban J connectivity index is 1.55. The summed E-state index contributed by atoms with van der Waals surface area (Å²) in [7, 11) is 1.50. The molecule has 2 aromatic heterocycles. The molecule has 1 aliphatic heterocycles. The van der Waals surface area contributed by atoms with E-state index in [2.05, 4.69) is 9.97 Å². The van der Waals surface area contributed by atoms with E-state index in [1.807, 2.05) is 0 Å². The fourth-order valence-corrected chi connectivity index (χ4v) is 3.12. The van der Waals surface area contributed by atoms with Gasteiger partial charge in [0.15, 0.2) is 11.3 Å². The molecule has 3 heterocycles. The number of para-hydroxylation sites is 1. The van der Waals surface area contributed by atoms with E-state index in [9.17, 15) is 9.59 Å². The minimum atomic E-state index is -0.685. The standard InChI is InChI=1S/C19H17N3O5/c1-25-15-4-2-3-12-9-14(19(24)27-17(12)15)18(23)22-8-5-13(11-22)26-16-10-20-6-7-21-16/h2-4,6-7,9-10,13H,5,8,11H2,1H3. The molecule has 1 unspecified atom stereocenters. The first kappa shape index (κ1) is 17.0. The van der Waals surface area contributed by atoms with Crippen LogP contribution >= 0.6 is 0 Å². The summed E-state index contributed by atoms with van der Waals surface area (Å²) < 4.78 is 16.3. The highest BCUT2D eigenvalue weighted by Gasteiger charge is 2.30. The molecule has 138 valence electrons. The van der Waals surface area contributed by atoms with E-state index >= 15 is 0 Å². The van der Waals surface area contributed by atoms with Gasteiger partial charge >= 0.3 is 5.63 Å². The SMILES string of the molecule is COc1cccc2cc(C(=O)N3CCC(Oc4cnccn4)C3)c(=O)oc12. The summed E-state index contributed by atoms with van der Waals surface area (Å²) in [6, 6.07) is 6.78. The van der Waals surface area contributed by atoms with Gasteiger partial charge in [-0.3, -0.25) is 9.78 Å². The number of fused-ring (bicyclic) bond motifs is 1. The molecule has 27 heavy (non-hydrogen) atoms. The van der Waals surface area contributed by atoms with Crippen LogP contribution in [0.1, 0.15) is 16.8 Å². The van der Waals surface area contributed by atoms with Crippen LogP contribution < -0.4 is 15.1 Å². The van der Waals surface area contributed by atoms with E-state index in [1.165, 1.54) is 13.3 Å². The van der Waals surface area contributed by atoms with Crippen LogP contribution in [0.3, 0.4) is 0 Å². The number of nitrogens with zero attached hydrogens (tertiary/aromatic N) is 3. The summed E-state index contributed by atoms with van der Waals surface area (Å²) in [6.07, 6.45) is 5.08. The number of likely N-dealkylation sites (tertiary alicyclic amines) is 1. The Morgan fingerprint density at radius 2 is 2.22 bits per heavy atom. The molecule has 4 rings (SSSR count). The number of hydrogen-bond donors (Lipinski definition) is 0. The lowest BCUT2D eigenvalue weighted by Crippen LogP contribution is -2.33. The summed E-state index contributed by atoms with van der Waals surface area (Å²) in [4.78, 5) is 34.8. The molecule has 8 heteroatoms. The zero-order valence-corrected chi connectivity index (χ0v) is 14.6. The van der Waals surface area contributed by atoms with Crippen molar-refractivity contribution in [3.8, 4) is 11.6 Å². The van der Waals surface area contributed by atoms with Gasteiger partial charge in [0.2, 0.25) is 5.88 Å². The van der Waals surface area contributed by atoms with Gasteiger partial charge in [0.1, 0.15) is 11.7 Å². The lowest BCUT2D eigenvalue weighted by Gasteiger charge is -2.16. The predicted molar refractivity (Wildman–Crippen MR) is 96.0 cm³/mol. The van der Waals surface area contributed by atoms with Gasteiger partial charge in [-0.15, -0.1) is 0 Å². The topological polar surface area (TPSA) is 94.8 Å². The molecule has 1 aromatic carbocycles. The van der Waals surface area contributed by atoms with Crippen molar-refractivity contribution in [2.75, 3.05) is 20.2 Å². The Labute approximate surface area is 154 Å². The second-order valence-corrected chi connectivity index (χ2v) is 6.15. The number of benzene rings is 1. The average molecular weight is 367 g/mol. The highest BCUT2D eigenvalue weighted by atomic mass is 16.5. The maximum absolute atomic E-state index is 12.8. The van der Waals surface area contributed by atoms with E-state index < -0.39 is 5.63 Å². The van der Waals surface area contributed by atoms with Gasteiger partial charge in [-0.25, -0.2) is 9.78 Å². The summed E-state index contributed by atoms with van der Waals surface area (Å²) in [5.74, 6) is 0.482. The Hall–Kier alpha value is -3.42. The summed E-state index contributed by atoms with van der Waals surface area (Å²) in [6.45, 7) is 0.852. The minimum Gasteiger partial charge on any atom is -0.493 e. The van der Waals surface area contributed by atoms with Gasteiger partial charge in [-0.05, 0) is 12.1 Å². The fourth-order valence-electron chi connectivity index (χ4n) is 3.12. The van der Waals surface area contributed by atoms with Crippen molar-refractivity contribution < 1.29 is 18.7 Å². The van der Waals surface area contributed by atoms with Crippen molar-refractivity contribution in [2.24, 2.45) is 0 Å². The molecule has 0 bridgehead atoms. The first-order valence-electron chi connectivity index (χ1n) is 8.48. The normalized spacial score (nSPS) is 16.5. The number of carbonyl (C=O) groups excluding carboxylic acids is 1. The smallest absolute Gasteiger partial charge is 0.349 e. The molecule has 1 saturated heterocycles. The third kappa shape index (κ3) is 3.33. The van der Waals surface area contributed by atoms with Crippen molar-refractivity contribution in [3.63, 3.8) is 0 Å². The molecule has 0 radical (unpaired) electrons. The lowest BCUT2D eigenvalue weighted by molar-refractivity contribution is 0.0767. The van der Waals surface area contributed by atoms with E-state index in [-0.39, 0.29) is 17.6 Å². The van der Waals surface area contributed by atoms with Gasteiger partial charge < -0.3 is 18.8 Å². The van der Waals surface area contributed by atoms with Crippen LogP contribution in [0, 0.1) is 0 Å². The number of ether oxygens (including phenoxy) is 2. The van der Waals surface area contributed by atoms with Gasteiger partial charge in [0.05, 0.1) is 19.9 Å². The zero-order valence-electron chi connectivity index (χ0n) is 14.6. The molecule has 0 aliphatic carbocycles. The lowest BCUT2D eigenvalue weighted by atomic mass is 10.1. The molecule has 0 spiro atoms. The summed E-state index contributed by atoms with van der Waals surface area (Å²) in [5.41, 5.74) is -0.363. The van der Waals surface area contributed by atoms with Crippen LogP contribution in [0.15, 0.2) is 52.1 Å². The monoisotopic (exact) mass is 367 g/mol. The van der Waals surface area contributed by atoms with Crippen LogP contribution in [0.4, 0.5) is 0 Å². The maximum atomic E-state index is 12.8. The average Bonchev–Trinajstić information content (AvgIpc) is 3.15. The van der Waals surface area contributed by atoms with Crippen LogP contribution in [0.5, 0.6) is 11.6 Å². The minimum absolute atomic E-state index is 0.00379. The number of aromatic nitrogens is 2. The van der Waals surface area contributed by atoms with Gasteiger partial charge in [0.25, 0.3) is 5.91 Å². The molecule has 8 nitrogen and oxygen atoms in total. The molecule has 1 fully saturated rings. The predicted octanol–water partition coefficient (Wildman–Crippen LogP) is 1.89. The third-order valence-corrected chi connectivity index (χ3v) is 4.43. The van der Waals surface area contributed by atoms with E-state index in [0.29, 0.717) is 42.1 Å². The molecular weight excluding hydrogens is 350 g/mol. The van der Waals surface area contributed by atoms with Crippen LogP contribution in [0.2, 0.25) is 0 Å². The van der Waals surface area contributed by atoms with E-state index in [1.54, 1.807) is 41.6 Å². The van der Waals surface area contributed by atoms with E-state index in [4.69, 9.17) is 13.9 Å². The van der Waals surface area contributed by atoms with Gasteiger partial charge in [-0.1, -0.05) is 12.1 Å². The highest BCUT2D eigenvalue weighted by Crippen LogP contribution is 2.25. The number of rotatable bonds is 4. The fraction of sp³-hybridized carbons (Fsp3) is 0.263. The first-order valence-corrected chi connectivity index (χ1v) is 8.48. The maximum Gasteiger partial charge on any atom is 0.349 e. The van der Waals surface area contributed by atoms with E-state index in [0.717, 1.165) is 0 Å². The van der Waals surface area contributed by atoms with Gasteiger partial charge in [-0.2, -0.15) is 0 Å². The van der Waals surface area contributed by atoms with Crippen LogP contribution in [-0.4, -0.2) is 47.1 Å². The molecule has 0 saturated carbocycles. The second-order valence-electron chi connectivity index (χ2n) is 6.15. The van der Waals surface area contributed by atoms with Crippen molar-refractivity contribution in [1.82, 2.24) is 14.9 Å². The number of hydrogen-bond acceptors (Lipinski definition) is 7. The molecule has 1 atom stereocenters. The van der Waals surface area contributed by atoms with Crippen LogP contribution in [0.25, 0.3) is 11.0 Å². The van der Waals surface area contributed by atoms with Gasteiger partial charge in [0, 0.05) is 30.7 Å². The molecule has 0 N–H and O–H groups in total. The Bertz CT molecular complexity index is 1030. The van der Waals surface area contributed by atoms with Crippen molar-refractivity contribution >= 4 is 16.9 Å². The number of methoxy groups -OCH3 is 1. The zero-order chi connectivity index (χ0) is 18.8. The highest BCUT2D eigenvalue weighted by molar-refractivity contribution is 5.97. The summed E-state index contributed by atoms with van der Waals surface area (Å²) >= 11 is 0. The number of carbonyl (C=O) groups is 1. The first-order chi connectivity index (χ1) is 13.2. The van der Waals surface area contributed by atoms with Crippen molar-refractivity contribution in [2.45, 2.75) is 12.5 Å². The molecular formula is C19H17N3O5. The Morgan fingerprint density at radius 1 is 1.33 bits per heavy atom. The number of amides is 1. The van der Waals surface area contributed by atoms with Crippen LogP contribution in [-0.2, 0) is 0 Å². The van der Waals surface area contributed by atoms with Crippen molar-refractivity contribution in [1.29, 1.82) is 0 Å². The second kappa shape index (κ2) is 7.06. The Kier molecular flexibility index (Phi) is 4.45. The van der Waals surface area contributed by atoms with Crippen molar-refractivity contribution in [3.05, 3.63) is 58.8 Å². The third-order valence-electron chi connectivity index (χ3n) is 4.43.